The standard InChI is InChI=1S/C14H18O3/c1-10-7-8-13(14(16)17-3)9-12(10)6-4-5-11(2)15/h7-9H,4-6H2,1-3H3. The molecule has 0 aliphatic carbocycles. The van der Waals surface area contributed by atoms with E-state index in [9.17, 15) is 9.59 Å². The van der Waals surface area contributed by atoms with Crippen LogP contribution in [0.4, 0.5) is 0 Å². The topological polar surface area (TPSA) is 43.4 Å². The summed E-state index contributed by atoms with van der Waals surface area (Å²) in [5.74, 6) is -0.121. The lowest BCUT2D eigenvalue weighted by atomic mass is 9.99. The first kappa shape index (κ1) is 13.4. The third kappa shape index (κ3) is 4.02. The van der Waals surface area contributed by atoms with Crippen LogP contribution in [0.1, 0.15) is 41.3 Å². The zero-order valence-corrected chi connectivity index (χ0v) is 10.6. The molecule has 0 fully saturated rings. The van der Waals surface area contributed by atoms with E-state index in [0.717, 1.165) is 24.0 Å². The minimum Gasteiger partial charge on any atom is -0.465 e. The van der Waals surface area contributed by atoms with Gasteiger partial charge in [-0.2, -0.15) is 0 Å². The highest BCUT2D eigenvalue weighted by Gasteiger charge is 2.08. The van der Waals surface area contributed by atoms with Crippen LogP contribution in [0.2, 0.25) is 0 Å². The molecule has 3 heteroatoms. The molecule has 0 radical (unpaired) electrons. The number of esters is 1. The van der Waals surface area contributed by atoms with Crippen LogP contribution < -0.4 is 0 Å². The van der Waals surface area contributed by atoms with E-state index in [2.05, 4.69) is 4.74 Å². The van der Waals surface area contributed by atoms with Gasteiger partial charge in [-0.05, 0) is 49.9 Å². The van der Waals surface area contributed by atoms with Crippen LogP contribution in [0.3, 0.4) is 0 Å². The Morgan fingerprint density at radius 3 is 2.59 bits per heavy atom. The van der Waals surface area contributed by atoms with Crippen molar-refractivity contribution in [2.75, 3.05) is 7.11 Å². The van der Waals surface area contributed by atoms with Crippen molar-refractivity contribution in [2.24, 2.45) is 0 Å². The molecule has 0 unspecified atom stereocenters. The molecule has 0 spiro atoms. The lowest BCUT2D eigenvalue weighted by molar-refractivity contribution is -0.117. The highest BCUT2D eigenvalue weighted by Crippen LogP contribution is 2.15. The Morgan fingerprint density at radius 2 is 2.00 bits per heavy atom. The van der Waals surface area contributed by atoms with Crippen LogP contribution in [0.15, 0.2) is 18.2 Å². The smallest absolute Gasteiger partial charge is 0.337 e. The van der Waals surface area contributed by atoms with E-state index < -0.39 is 0 Å². The fraction of sp³-hybridized carbons (Fsp3) is 0.429. The van der Waals surface area contributed by atoms with Gasteiger partial charge >= 0.3 is 5.97 Å². The van der Waals surface area contributed by atoms with Crippen LogP contribution >= 0.6 is 0 Å². The summed E-state index contributed by atoms with van der Waals surface area (Å²) in [6, 6.07) is 5.52. The van der Waals surface area contributed by atoms with Crippen LogP contribution in [-0.2, 0) is 16.0 Å². The monoisotopic (exact) mass is 234 g/mol. The van der Waals surface area contributed by atoms with Gasteiger partial charge < -0.3 is 9.53 Å². The van der Waals surface area contributed by atoms with Gasteiger partial charge in [0.15, 0.2) is 0 Å². The molecule has 0 saturated heterocycles. The summed E-state index contributed by atoms with van der Waals surface area (Å²) in [7, 11) is 1.37. The molecule has 1 rings (SSSR count). The Balaban J connectivity index is 2.76. The molecule has 0 aromatic heterocycles. The highest BCUT2D eigenvalue weighted by atomic mass is 16.5. The molecule has 0 saturated carbocycles. The largest absolute Gasteiger partial charge is 0.465 e. The van der Waals surface area contributed by atoms with E-state index in [1.54, 1.807) is 13.0 Å². The summed E-state index contributed by atoms with van der Waals surface area (Å²) < 4.78 is 4.68. The van der Waals surface area contributed by atoms with Gasteiger partial charge in [0.2, 0.25) is 0 Å². The number of methoxy groups -OCH3 is 1. The van der Waals surface area contributed by atoms with Gasteiger partial charge in [-0.15, -0.1) is 0 Å². The number of ketones is 1. The van der Waals surface area contributed by atoms with Crippen molar-refractivity contribution >= 4 is 11.8 Å². The van der Waals surface area contributed by atoms with Gasteiger partial charge in [0, 0.05) is 6.42 Å². The fourth-order valence-electron chi connectivity index (χ4n) is 1.71. The number of hydrogen-bond donors (Lipinski definition) is 0. The summed E-state index contributed by atoms with van der Waals surface area (Å²) in [4.78, 5) is 22.2. The number of carbonyl (C=O) groups excluding carboxylic acids is 2. The van der Waals surface area contributed by atoms with Gasteiger partial charge in [-0.25, -0.2) is 4.79 Å². The molecule has 92 valence electrons. The molecule has 0 bridgehead atoms. The Morgan fingerprint density at radius 1 is 1.29 bits per heavy atom. The molecule has 1 aromatic carbocycles. The van der Waals surface area contributed by atoms with E-state index in [-0.39, 0.29) is 11.8 Å². The molecule has 0 aliphatic rings. The van der Waals surface area contributed by atoms with Crippen LogP contribution in [0.5, 0.6) is 0 Å². The van der Waals surface area contributed by atoms with E-state index in [4.69, 9.17) is 0 Å². The Bertz CT molecular complexity index is 421. The van der Waals surface area contributed by atoms with Crippen molar-refractivity contribution in [1.82, 2.24) is 0 Å². The highest BCUT2D eigenvalue weighted by molar-refractivity contribution is 5.89. The molecule has 1 aromatic rings. The number of hydrogen-bond acceptors (Lipinski definition) is 3. The van der Waals surface area contributed by atoms with Crippen molar-refractivity contribution in [3.05, 3.63) is 34.9 Å². The second-order valence-electron chi connectivity index (χ2n) is 4.19. The Hall–Kier alpha value is -1.64. The van der Waals surface area contributed by atoms with Gasteiger partial charge in [-0.3, -0.25) is 0 Å². The number of ether oxygens (including phenoxy) is 1. The Labute approximate surface area is 102 Å². The van der Waals surface area contributed by atoms with E-state index >= 15 is 0 Å². The predicted octanol–water partition coefficient (Wildman–Crippen LogP) is 2.69. The van der Waals surface area contributed by atoms with E-state index in [0.29, 0.717) is 12.0 Å². The van der Waals surface area contributed by atoms with Gasteiger partial charge in [0.05, 0.1) is 12.7 Å². The lowest BCUT2D eigenvalue weighted by Crippen LogP contribution is -2.03. The third-order valence-corrected chi connectivity index (χ3v) is 2.75. The summed E-state index contributed by atoms with van der Waals surface area (Å²) >= 11 is 0. The molecule has 0 aliphatic heterocycles. The van der Waals surface area contributed by atoms with Gasteiger partial charge in [-0.1, -0.05) is 6.07 Å². The number of rotatable bonds is 5. The maximum absolute atomic E-state index is 11.4. The first-order chi connectivity index (χ1) is 8.04. The second kappa shape index (κ2) is 6.18. The summed E-state index contributed by atoms with van der Waals surface area (Å²) in [6.07, 6.45) is 2.22. The van der Waals surface area contributed by atoms with Crippen molar-refractivity contribution < 1.29 is 14.3 Å². The first-order valence-electron chi connectivity index (χ1n) is 5.72. The van der Waals surface area contributed by atoms with Crippen LogP contribution in [-0.4, -0.2) is 18.9 Å². The van der Waals surface area contributed by atoms with Crippen molar-refractivity contribution in [2.45, 2.75) is 33.1 Å². The lowest BCUT2D eigenvalue weighted by Gasteiger charge is -2.07. The quantitative estimate of drug-likeness (QED) is 0.736. The summed E-state index contributed by atoms with van der Waals surface area (Å²) in [5, 5.41) is 0. The Kier molecular flexibility index (Phi) is 4.88. The van der Waals surface area contributed by atoms with Crippen molar-refractivity contribution in [3.8, 4) is 0 Å². The molecule has 3 nitrogen and oxygen atoms in total. The van der Waals surface area contributed by atoms with Gasteiger partial charge in [0.25, 0.3) is 0 Å². The predicted molar refractivity (Wildman–Crippen MR) is 66.1 cm³/mol. The minimum absolute atomic E-state index is 0.201. The van der Waals surface area contributed by atoms with Crippen LogP contribution in [0.25, 0.3) is 0 Å². The second-order valence-corrected chi connectivity index (χ2v) is 4.19. The SMILES string of the molecule is COC(=O)c1ccc(C)c(CCCC(C)=O)c1. The van der Waals surface area contributed by atoms with E-state index in [1.165, 1.54) is 7.11 Å². The van der Waals surface area contributed by atoms with E-state index in [1.807, 2.05) is 19.1 Å². The molecule has 17 heavy (non-hydrogen) atoms. The summed E-state index contributed by atoms with van der Waals surface area (Å²) in [5.41, 5.74) is 2.81. The molecular weight excluding hydrogens is 216 g/mol. The molecular formula is C14H18O3. The molecule has 0 amide bonds. The zero-order chi connectivity index (χ0) is 12.8. The number of carbonyl (C=O) groups is 2. The molecule has 0 heterocycles. The molecule has 0 N–H and O–H groups in total. The van der Waals surface area contributed by atoms with Crippen molar-refractivity contribution in [3.63, 3.8) is 0 Å². The normalized spacial score (nSPS) is 10.1. The molecule has 0 atom stereocenters. The fourth-order valence-corrected chi connectivity index (χ4v) is 1.71. The zero-order valence-electron chi connectivity index (χ0n) is 10.6. The first-order valence-corrected chi connectivity index (χ1v) is 5.72. The third-order valence-electron chi connectivity index (χ3n) is 2.75. The average Bonchev–Trinajstić information content (AvgIpc) is 2.30. The van der Waals surface area contributed by atoms with Gasteiger partial charge in [0.1, 0.15) is 5.78 Å². The summed E-state index contributed by atoms with van der Waals surface area (Å²) in [6.45, 7) is 3.60. The number of Topliss-reactive ketones (excluding diaryl/α,β-unsaturated/α-hetero) is 1. The van der Waals surface area contributed by atoms with Crippen molar-refractivity contribution in [1.29, 1.82) is 0 Å². The maximum atomic E-state index is 11.4. The van der Waals surface area contributed by atoms with Crippen LogP contribution in [0, 0.1) is 6.92 Å². The maximum Gasteiger partial charge on any atom is 0.337 e. The minimum atomic E-state index is -0.321. The average molecular weight is 234 g/mol. The number of aryl methyl sites for hydroxylation is 2. The number of benzene rings is 1.